The Morgan fingerprint density at radius 2 is 2.07 bits per heavy atom. The topological polar surface area (TPSA) is 26.7 Å². The Morgan fingerprint density at radius 3 is 2.64 bits per heavy atom. The Kier molecular flexibility index (Phi) is 3.39. The highest BCUT2D eigenvalue weighted by atomic mass is 32.1. The molecule has 0 spiro atoms. The molecule has 78 valence electrons. The lowest BCUT2D eigenvalue weighted by Crippen LogP contribution is -2.46. The molecule has 2 heterocycles. The third-order valence-corrected chi connectivity index (χ3v) is 3.54. The number of aliphatic hydroxyl groups excluding tert-OH is 1. The number of hydrogen-bond donors (Lipinski definition) is 1. The molecule has 14 heavy (non-hydrogen) atoms. The van der Waals surface area contributed by atoms with Crippen LogP contribution in [-0.2, 0) is 0 Å². The Morgan fingerprint density at radius 1 is 1.29 bits per heavy atom. The van der Waals surface area contributed by atoms with Crippen molar-refractivity contribution < 1.29 is 5.11 Å². The third kappa shape index (κ3) is 2.26. The molecule has 0 atom stereocenters. The molecule has 0 amide bonds. The van der Waals surface area contributed by atoms with Crippen LogP contribution >= 0.6 is 11.3 Å². The lowest BCUT2D eigenvalue weighted by atomic mass is 10.3. The molecule has 1 aliphatic heterocycles. The van der Waals surface area contributed by atoms with Gasteiger partial charge in [-0.05, 0) is 17.5 Å². The molecule has 1 aromatic rings. The first-order chi connectivity index (χ1) is 6.90. The van der Waals surface area contributed by atoms with Crippen LogP contribution in [0.2, 0.25) is 0 Å². The van der Waals surface area contributed by atoms with Crippen molar-refractivity contribution >= 4 is 16.3 Å². The van der Waals surface area contributed by atoms with E-state index in [1.54, 1.807) is 11.3 Å². The van der Waals surface area contributed by atoms with Crippen LogP contribution in [0, 0.1) is 0 Å². The molecule has 0 aliphatic carbocycles. The van der Waals surface area contributed by atoms with Gasteiger partial charge in [0.2, 0.25) is 0 Å². The molecule has 1 N–H and O–H groups in total. The average Bonchev–Trinajstić information content (AvgIpc) is 2.72. The number of anilines is 1. The molecule has 1 aliphatic rings. The summed E-state index contributed by atoms with van der Waals surface area (Å²) in [4.78, 5) is 4.72. The molecule has 0 unspecified atom stereocenters. The molecule has 0 saturated carbocycles. The molecule has 1 aromatic heterocycles. The Bertz CT molecular complexity index is 255. The molecule has 0 aromatic carbocycles. The minimum absolute atomic E-state index is 0.277. The van der Waals surface area contributed by atoms with Crippen molar-refractivity contribution in [3.05, 3.63) is 17.5 Å². The molecule has 1 saturated heterocycles. The number of piperazine rings is 1. The van der Waals surface area contributed by atoms with Gasteiger partial charge in [-0.1, -0.05) is 0 Å². The van der Waals surface area contributed by atoms with E-state index >= 15 is 0 Å². The van der Waals surface area contributed by atoms with Crippen LogP contribution in [0.25, 0.3) is 0 Å². The first-order valence-corrected chi connectivity index (χ1v) is 5.90. The fraction of sp³-hybridized carbons (Fsp3) is 0.600. The number of thiophene rings is 1. The van der Waals surface area contributed by atoms with E-state index in [-0.39, 0.29) is 6.61 Å². The summed E-state index contributed by atoms with van der Waals surface area (Å²) in [6.45, 7) is 5.40. The zero-order valence-corrected chi connectivity index (χ0v) is 9.04. The molecule has 4 heteroatoms. The standard InChI is InChI=1S/C10H16N2OS/c13-8-7-11-3-5-12(6-4-11)10-2-1-9-14-10/h1-2,9,13H,3-8H2. The maximum atomic E-state index is 8.82. The monoisotopic (exact) mass is 212 g/mol. The number of rotatable bonds is 3. The van der Waals surface area contributed by atoms with Crippen LogP contribution in [0.5, 0.6) is 0 Å². The Labute approximate surface area is 88.6 Å². The maximum Gasteiger partial charge on any atom is 0.0909 e. The highest BCUT2D eigenvalue weighted by Gasteiger charge is 2.16. The number of aliphatic hydroxyl groups is 1. The predicted octanol–water partition coefficient (Wildman–Crippen LogP) is 0.862. The highest BCUT2D eigenvalue weighted by molar-refractivity contribution is 7.14. The Balaban J connectivity index is 1.84. The summed E-state index contributed by atoms with van der Waals surface area (Å²) in [7, 11) is 0. The van der Waals surface area contributed by atoms with E-state index in [2.05, 4.69) is 27.3 Å². The van der Waals surface area contributed by atoms with E-state index in [1.165, 1.54) is 5.00 Å². The fourth-order valence-corrected chi connectivity index (χ4v) is 2.57. The molecule has 0 bridgehead atoms. The lowest BCUT2D eigenvalue weighted by molar-refractivity contribution is 0.189. The van der Waals surface area contributed by atoms with Gasteiger partial charge in [0.15, 0.2) is 0 Å². The molecule has 2 rings (SSSR count). The summed E-state index contributed by atoms with van der Waals surface area (Å²) in [5.41, 5.74) is 0. The van der Waals surface area contributed by atoms with Gasteiger partial charge in [-0.2, -0.15) is 0 Å². The van der Waals surface area contributed by atoms with Gasteiger partial charge < -0.3 is 10.0 Å². The van der Waals surface area contributed by atoms with E-state index in [9.17, 15) is 0 Å². The van der Waals surface area contributed by atoms with Gasteiger partial charge in [-0.25, -0.2) is 0 Å². The largest absolute Gasteiger partial charge is 0.395 e. The molecular formula is C10H16N2OS. The van der Waals surface area contributed by atoms with Crippen molar-refractivity contribution in [2.75, 3.05) is 44.2 Å². The van der Waals surface area contributed by atoms with Gasteiger partial charge in [-0.15, -0.1) is 11.3 Å². The molecule has 1 fully saturated rings. The number of hydrogen-bond acceptors (Lipinski definition) is 4. The fourth-order valence-electron chi connectivity index (χ4n) is 1.78. The summed E-state index contributed by atoms with van der Waals surface area (Å²) < 4.78 is 0. The van der Waals surface area contributed by atoms with Gasteiger partial charge in [0.05, 0.1) is 11.6 Å². The van der Waals surface area contributed by atoms with Crippen LogP contribution < -0.4 is 4.90 Å². The quantitative estimate of drug-likeness (QED) is 0.805. The van der Waals surface area contributed by atoms with Crippen LogP contribution in [-0.4, -0.2) is 49.3 Å². The minimum Gasteiger partial charge on any atom is -0.395 e. The number of β-amino-alcohol motifs (C(OH)–C–C–N with tert-alkyl or cyclic N) is 1. The average molecular weight is 212 g/mol. The van der Waals surface area contributed by atoms with Gasteiger partial charge >= 0.3 is 0 Å². The van der Waals surface area contributed by atoms with Gasteiger partial charge in [0.1, 0.15) is 0 Å². The predicted molar refractivity (Wildman–Crippen MR) is 60.1 cm³/mol. The maximum absolute atomic E-state index is 8.82. The van der Waals surface area contributed by atoms with Crippen molar-refractivity contribution in [1.29, 1.82) is 0 Å². The first-order valence-electron chi connectivity index (χ1n) is 5.02. The minimum atomic E-state index is 0.277. The van der Waals surface area contributed by atoms with Crippen LogP contribution in [0.1, 0.15) is 0 Å². The number of nitrogens with zero attached hydrogens (tertiary/aromatic N) is 2. The summed E-state index contributed by atoms with van der Waals surface area (Å²) in [6, 6.07) is 4.27. The van der Waals surface area contributed by atoms with Crippen molar-refractivity contribution in [3.8, 4) is 0 Å². The Hall–Kier alpha value is -0.580. The van der Waals surface area contributed by atoms with Crippen molar-refractivity contribution in [2.24, 2.45) is 0 Å². The molecule has 3 nitrogen and oxygen atoms in total. The van der Waals surface area contributed by atoms with Gasteiger partial charge in [0, 0.05) is 32.7 Å². The first kappa shape index (κ1) is 9.96. The van der Waals surface area contributed by atoms with E-state index < -0.39 is 0 Å². The second-order valence-corrected chi connectivity index (χ2v) is 4.43. The summed E-state index contributed by atoms with van der Waals surface area (Å²) in [6.07, 6.45) is 0. The second-order valence-electron chi connectivity index (χ2n) is 3.50. The zero-order valence-electron chi connectivity index (χ0n) is 8.22. The van der Waals surface area contributed by atoms with Crippen molar-refractivity contribution in [3.63, 3.8) is 0 Å². The van der Waals surface area contributed by atoms with Crippen molar-refractivity contribution in [1.82, 2.24) is 4.90 Å². The summed E-state index contributed by atoms with van der Waals surface area (Å²) in [5, 5.41) is 12.3. The van der Waals surface area contributed by atoms with Crippen LogP contribution in [0.4, 0.5) is 5.00 Å². The molecular weight excluding hydrogens is 196 g/mol. The van der Waals surface area contributed by atoms with Gasteiger partial charge in [0.25, 0.3) is 0 Å². The van der Waals surface area contributed by atoms with E-state index in [4.69, 9.17) is 5.11 Å². The third-order valence-electron chi connectivity index (χ3n) is 2.61. The second kappa shape index (κ2) is 4.77. The summed E-state index contributed by atoms with van der Waals surface area (Å²) >= 11 is 1.80. The van der Waals surface area contributed by atoms with Gasteiger partial charge in [-0.3, -0.25) is 4.90 Å². The molecule has 0 radical (unpaired) electrons. The van der Waals surface area contributed by atoms with Crippen LogP contribution in [0.3, 0.4) is 0 Å². The smallest absolute Gasteiger partial charge is 0.0909 e. The van der Waals surface area contributed by atoms with E-state index in [1.807, 2.05) is 0 Å². The van der Waals surface area contributed by atoms with Crippen LogP contribution in [0.15, 0.2) is 17.5 Å². The van der Waals surface area contributed by atoms with E-state index in [0.29, 0.717) is 0 Å². The highest BCUT2D eigenvalue weighted by Crippen LogP contribution is 2.22. The van der Waals surface area contributed by atoms with E-state index in [0.717, 1.165) is 32.7 Å². The van der Waals surface area contributed by atoms with Crippen molar-refractivity contribution in [2.45, 2.75) is 0 Å². The SMILES string of the molecule is OCCN1CCN(c2cccs2)CC1. The lowest BCUT2D eigenvalue weighted by Gasteiger charge is -2.34. The summed E-state index contributed by atoms with van der Waals surface area (Å²) in [5.74, 6) is 0. The normalized spacial score (nSPS) is 18.8. The zero-order chi connectivity index (χ0) is 9.80.